The standard InChI is InChI=1S/C13H15F2NO2/c1-18-10-6-5-9(14)12(15)11(10)13(17)16-7-3-2-4-8-16/h5-6H,2-4,7-8H2,1H3. The van der Waals surface area contributed by atoms with Crippen molar-refractivity contribution in [3.8, 4) is 5.75 Å². The zero-order chi connectivity index (χ0) is 13.1. The number of likely N-dealkylation sites (tertiary alicyclic amines) is 1. The first-order valence-electron chi connectivity index (χ1n) is 5.96. The first-order chi connectivity index (χ1) is 8.65. The number of halogens is 2. The Labute approximate surface area is 104 Å². The third-order valence-corrected chi connectivity index (χ3v) is 3.13. The minimum Gasteiger partial charge on any atom is -0.496 e. The maximum absolute atomic E-state index is 13.8. The van der Waals surface area contributed by atoms with Gasteiger partial charge in [-0.25, -0.2) is 8.78 Å². The highest BCUT2D eigenvalue weighted by atomic mass is 19.2. The summed E-state index contributed by atoms with van der Waals surface area (Å²) >= 11 is 0. The first-order valence-corrected chi connectivity index (χ1v) is 5.96. The number of benzene rings is 1. The van der Waals surface area contributed by atoms with Gasteiger partial charge in [0.2, 0.25) is 0 Å². The van der Waals surface area contributed by atoms with Crippen molar-refractivity contribution in [2.75, 3.05) is 20.2 Å². The van der Waals surface area contributed by atoms with Crippen LogP contribution in [0, 0.1) is 11.6 Å². The summed E-state index contributed by atoms with van der Waals surface area (Å²) in [6.07, 6.45) is 2.85. The first kappa shape index (κ1) is 12.8. The van der Waals surface area contributed by atoms with Gasteiger partial charge in [0.15, 0.2) is 11.6 Å². The monoisotopic (exact) mass is 255 g/mol. The van der Waals surface area contributed by atoms with Gasteiger partial charge in [0.25, 0.3) is 5.91 Å². The molecular formula is C13H15F2NO2. The van der Waals surface area contributed by atoms with E-state index in [0.717, 1.165) is 25.3 Å². The van der Waals surface area contributed by atoms with E-state index in [9.17, 15) is 13.6 Å². The Balaban J connectivity index is 2.36. The van der Waals surface area contributed by atoms with Crippen LogP contribution >= 0.6 is 0 Å². The van der Waals surface area contributed by atoms with Gasteiger partial charge in [0.05, 0.1) is 7.11 Å². The molecule has 0 aromatic heterocycles. The van der Waals surface area contributed by atoms with Gasteiger partial charge in [-0.05, 0) is 31.4 Å². The number of nitrogens with zero attached hydrogens (tertiary/aromatic N) is 1. The van der Waals surface area contributed by atoms with E-state index in [4.69, 9.17) is 4.74 Å². The molecule has 1 aromatic carbocycles. The molecule has 0 N–H and O–H groups in total. The van der Waals surface area contributed by atoms with Crippen molar-refractivity contribution >= 4 is 5.91 Å². The molecule has 0 bridgehead atoms. The molecule has 1 aliphatic rings. The van der Waals surface area contributed by atoms with Gasteiger partial charge in [0.1, 0.15) is 11.3 Å². The third-order valence-electron chi connectivity index (χ3n) is 3.13. The summed E-state index contributed by atoms with van der Waals surface area (Å²) in [6.45, 7) is 1.16. The largest absolute Gasteiger partial charge is 0.496 e. The van der Waals surface area contributed by atoms with E-state index in [2.05, 4.69) is 0 Å². The van der Waals surface area contributed by atoms with Crippen LogP contribution < -0.4 is 4.74 Å². The Morgan fingerprint density at radius 1 is 1.22 bits per heavy atom. The Kier molecular flexibility index (Phi) is 3.79. The van der Waals surface area contributed by atoms with E-state index in [1.165, 1.54) is 13.2 Å². The molecule has 98 valence electrons. The third kappa shape index (κ3) is 2.30. The van der Waals surface area contributed by atoms with Crippen molar-refractivity contribution in [1.82, 2.24) is 4.90 Å². The molecule has 1 aliphatic heterocycles. The summed E-state index contributed by atoms with van der Waals surface area (Å²) in [7, 11) is 1.33. The highest BCUT2D eigenvalue weighted by Gasteiger charge is 2.26. The molecule has 1 fully saturated rings. The summed E-state index contributed by atoms with van der Waals surface area (Å²) in [5.74, 6) is -2.59. The number of methoxy groups -OCH3 is 1. The Morgan fingerprint density at radius 2 is 1.89 bits per heavy atom. The maximum Gasteiger partial charge on any atom is 0.260 e. The highest BCUT2D eigenvalue weighted by Crippen LogP contribution is 2.26. The van der Waals surface area contributed by atoms with Crippen molar-refractivity contribution in [1.29, 1.82) is 0 Å². The zero-order valence-corrected chi connectivity index (χ0v) is 10.2. The lowest BCUT2D eigenvalue weighted by molar-refractivity contribution is 0.0714. The summed E-state index contributed by atoms with van der Waals surface area (Å²) in [5.41, 5.74) is -0.306. The fraction of sp³-hybridized carbons (Fsp3) is 0.462. The summed E-state index contributed by atoms with van der Waals surface area (Å²) in [5, 5.41) is 0. The predicted octanol–water partition coefficient (Wildman–Crippen LogP) is 2.60. The number of hydrogen-bond donors (Lipinski definition) is 0. The van der Waals surface area contributed by atoms with Gasteiger partial charge in [-0.15, -0.1) is 0 Å². The second-order valence-electron chi connectivity index (χ2n) is 4.29. The molecule has 0 aliphatic carbocycles. The van der Waals surface area contributed by atoms with Crippen LogP contribution in [0.15, 0.2) is 12.1 Å². The van der Waals surface area contributed by atoms with Gasteiger partial charge in [-0.2, -0.15) is 0 Å². The van der Waals surface area contributed by atoms with Crippen molar-refractivity contribution in [2.45, 2.75) is 19.3 Å². The van der Waals surface area contributed by atoms with Gasteiger partial charge < -0.3 is 9.64 Å². The Bertz CT molecular complexity index is 457. The van der Waals surface area contributed by atoms with E-state index >= 15 is 0 Å². The van der Waals surface area contributed by atoms with Crippen LogP contribution in [-0.2, 0) is 0 Å². The number of carbonyl (C=O) groups is 1. The van der Waals surface area contributed by atoms with Crippen LogP contribution in [0.5, 0.6) is 5.75 Å². The van der Waals surface area contributed by atoms with Crippen LogP contribution in [-0.4, -0.2) is 31.0 Å². The average molecular weight is 255 g/mol. The topological polar surface area (TPSA) is 29.5 Å². The van der Waals surface area contributed by atoms with E-state index in [1.54, 1.807) is 4.90 Å². The molecule has 1 amide bonds. The van der Waals surface area contributed by atoms with Crippen molar-refractivity contribution < 1.29 is 18.3 Å². The van der Waals surface area contributed by atoms with E-state index in [0.29, 0.717) is 13.1 Å². The predicted molar refractivity (Wildman–Crippen MR) is 62.7 cm³/mol. The lowest BCUT2D eigenvalue weighted by Crippen LogP contribution is -2.36. The molecule has 0 radical (unpaired) electrons. The highest BCUT2D eigenvalue weighted by molar-refractivity contribution is 5.97. The minimum atomic E-state index is -1.13. The minimum absolute atomic E-state index is 0.0736. The smallest absolute Gasteiger partial charge is 0.260 e. The lowest BCUT2D eigenvalue weighted by atomic mass is 10.1. The molecule has 5 heteroatoms. The number of hydrogen-bond acceptors (Lipinski definition) is 2. The molecule has 0 spiro atoms. The van der Waals surface area contributed by atoms with Crippen LogP contribution in [0.25, 0.3) is 0 Å². The fourth-order valence-corrected chi connectivity index (χ4v) is 2.16. The van der Waals surface area contributed by atoms with E-state index in [-0.39, 0.29) is 11.3 Å². The molecule has 1 aromatic rings. The number of ether oxygens (including phenoxy) is 1. The van der Waals surface area contributed by atoms with E-state index < -0.39 is 17.5 Å². The van der Waals surface area contributed by atoms with Crippen LogP contribution in [0.2, 0.25) is 0 Å². The van der Waals surface area contributed by atoms with Crippen LogP contribution in [0.1, 0.15) is 29.6 Å². The van der Waals surface area contributed by atoms with Gasteiger partial charge in [-0.1, -0.05) is 0 Å². The van der Waals surface area contributed by atoms with Crippen molar-refractivity contribution in [2.24, 2.45) is 0 Å². The molecule has 3 nitrogen and oxygen atoms in total. The number of piperidine rings is 1. The molecule has 0 atom stereocenters. The van der Waals surface area contributed by atoms with Gasteiger partial charge in [0, 0.05) is 13.1 Å². The maximum atomic E-state index is 13.8. The quantitative estimate of drug-likeness (QED) is 0.813. The van der Waals surface area contributed by atoms with Gasteiger partial charge >= 0.3 is 0 Å². The van der Waals surface area contributed by atoms with E-state index in [1.807, 2.05) is 0 Å². The second-order valence-corrected chi connectivity index (χ2v) is 4.29. The summed E-state index contributed by atoms with van der Waals surface area (Å²) in [4.78, 5) is 13.7. The molecule has 0 saturated carbocycles. The molecular weight excluding hydrogens is 240 g/mol. The van der Waals surface area contributed by atoms with Crippen molar-refractivity contribution in [3.63, 3.8) is 0 Å². The molecule has 0 unspecified atom stereocenters. The fourth-order valence-electron chi connectivity index (χ4n) is 2.16. The van der Waals surface area contributed by atoms with Crippen molar-refractivity contribution in [3.05, 3.63) is 29.3 Å². The van der Waals surface area contributed by atoms with Crippen LogP contribution in [0.4, 0.5) is 8.78 Å². The molecule has 18 heavy (non-hydrogen) atoms. The molecule has 1 saturated heterocycles. The SMILES string of the molecule is COc1ccc(F)c(F)c1C(=O)N1CCCCC1. The summed E-state index contributed by atoms with van der Waals surface area (Å²) in [6, 6.07) is 2.23. The normalized spacial score (nSPS) is 15.6. The summed E-state index contributed by atoms with van der Waals surface area (Å²) < 4.78 is 31.9. The van der Waals surface area contributed by atoms with Crippen LogP contribution in [0.3, 0.4) is 0 Å². The zero-order valence-electron chi connectivity index (χ0n) is 10.2. The van der Waals surface area contributed by atoms with Gasteiger partial charge in [-0.3, -0.25) is 4.79 Å². The average Bonchev–Trinajstić information content (AvgIpc) is 2.42. The molecule has 1 heterocycles. The number of carbonyl (C=O) groups excluding carboxylic acids is 1. The molecule has 2 rings (SSSR count). The lowest BCUT2D eigenvalue weighted by Gasteiger charge is -2.27. The Morgan fingerprint density at radius 3 is 2.50 bits per heavy atom. The second kappa shape index (κ2) is 5.33. The number of rotatable bonds is 2. The Hall–Kier alpha value is -1.65. The number of amides is 1.